The third kappa shape index (κ3) is 4.08. The lowest BCUT2D eigenvalue weighted by Gasteiger charge is -2.23. The van der Waals surface area contributed by atoms with Crippen molar-refractivity contribution >= 4 is 33.8 Å². The number of amides is 1. The van der Waals surface area contributed by atoms with E-state index in [4.69, 9.17) is 20.9 Å². The van der Waals surface area contributed by atoms with E-state index in [1.54, 1.807) is 0 Å². The highest BCUT2D eigenvalue weighted by atomic mass is 35.5. The Labute approximate surface area is 127 Å². The van der Waals surface area contributed by atoms with Crippen LogP contribution in [0.2, 0.25) is 0 Å². The predicted octanol–water partition coefficient (Wildman–Crippen LogP) is 0.625. The number of carboxylic acid groups (broad SMARTS) is 1. The second kappa shape index (κ2) is 7.10. The molecular formula is C11H16ClNO7S. The standard InChI is InChI=1S/C11H16ClNO7S/c1-3-4-7-8(20-21(17,18)6-12)5-13(11(15)16)9(7)10(14)19-2/h3,7-9H,1,4-6H2,2H3,(H,15,16). The maximum atomic E-state index is 11.8. The number of alkyl halides is 1. The Bertz CT molecular complexity index is 521. The molecule has 1 heterocycles. The summed E-state index contributed by atoms with van der Waals surface area (Å²) in [6.07, 6.45) is -0.748. The Hall–Kier alpha value is -1.32. The SMILES string of the molecule is C=CCC1C(OS(=O)(=O)CCl)CN(C(=O)O)C1C(=O)OC. The minimum Gasteiger partial charge on any atom is -0.467 e. The Morgan fingerprint density at radius 2 is 2.14 bits per heavy atom. The van der Waals surface area contributed by atoms with Crippen molar-refractivity contribution < 1.29 is 32.0 Å². The van der Waals surface area contributed by atoms with Gasteiger partial charge in [0, 0.05) is 5.92 Å². The van der Waals surface area contributed by atoms with Crippen LogP contribution in [0.15, 0.2) is 12.7 Å². The molecule has 0 bridgehead atoms. The molecule has 1 aliphatic rings. The van der Waals surface area contributed by atoms with Crippen molar-refractivity contribution in [2.24, 2.45) is 5.92 Å². The summed E-state index contributed by atoms with van der Waals surface area (Å²) >= 11 is 5.27. The summed E-state index contributed by atoms with van der Waals surface area (Å²) in [4.78, 5) is 23.8. The normalized spacial score (nSPS) is 25.6. The molecule has 1 amide bonds. The minimum atomic E-state index is -4.00. The van der Waals surface area contributed by atoms with Crippen LogP contribution in [0.1, 0.15) is 6.42 Å². The van der Waals surface area contributed by atoms with Gasteiger partial charge in [-0.05, 0) is 6.42 Å². The van der Waals surface area contributed by atoms with Crippen molar-refractivity contribution in [2.75, 3.05) is 18.9 Å². The molecule has 0 spiro atoms. The lowest BCUT2D eigenvalue weighted by Crippen LogP contribution is -2.43. The number of allylic oxidation sites excluding steroid dienone is 1. The quantitative estimate of drug-likeness (QED) is 0.326. The van der Waals surface area contributed by atoms with E-state index in [-0.39, 0.29) is 13.0 Å². The summed E-state index contributed by atoms with van der Waals surface area (Å²) in [6.45, 7) is 3.24. The number of hydrogen-bond donors (Lipinski definition) is 1. The maximum absolute atomic E-state index is 11.8. The van der Waals surface area contributed by atoms with E-state index in [0.717, 1.165) is 12.0 Å². The van der Waals surface area contributed by atoms with Gasteiger partial charge in [-0.1, -0.05) is 6.08 Å². The van der Waals surface area contributed by atoms with Crippen LogP contribution >= 0.6 is 11.6 Å². The molecule has 0 saturated carbocycles. The van der Waals surface area contributed by atoms with Crippen LogP contribution in [0.3, 0.4) is 0 Å². The molecule has 1 saturated heterocycles. The lowest BCUT2D eigenvalue weighted by atomic mass is 9.94. The zero-order valence-corrected chi connectivity index (χ0v) is 12.8. The Morgan fingerprint density at radius 1 is 1.52 bits per heavy atom. The summed E-state index contributed by atoms with van der Waals surface area (Å²) < 4.78 is 32.4. The predicted molar refractivity (Wildman–Crippen MR) is 73.4 cm³/mol. The van der Waals surface area contributed by atoms with Crippen LogP contribution in [0.5, 0.6) is 0 Å². The number of carbonyl (C=O) groups excluding carboxylic acids is 1. The number of ether oxygens (including phenoxy) is 1. The van der Waals surface area contributed by atoms with E-state index in [1.165, 1.54) is 6.08 Å². The first-order chi connectivity index (χ1) is 9.77. The molecule has 0 aromatic carbocycles. The zero-order valence-electron chi connectivity index (χ0n) is 11.3. The van der Waals surface area contributed by atoms with Gasteiger partial charge in [0.1, 0.15) is 17.4 Å². The summed E-state index contributed by atoms with van der Waals surface area (Å²) in [5.41, 5.74) is 0. The Balaban J connectivity index is 3.12. The van der Waals surface area contributed by atoms with Crippen LogP contribution in [-0.2, 0) is 23.8 Å². The van der Waals surface area contributed by atoms with E-state index in [0.29, 0.717) is 0 Å². The lowest BCUT2D eigenvalue weighted by molar-refractivity contribution is -0.146. The number of rotatable bonds is 6. The van der Waals surface area contributed by atoms with Gasteiger partial charge < -0.3 is 9.84 Å². The molecule has 3 atom stereocenters. The number of hydrogen-bond acceptors (Lipinski definition) is 6. The van der Waals surface area contributed by atoms with Crippen LogP contribution in [0.4, 0.5) is 4.79 Å². The Morgan fingerprint density at radius 3 is 2.57 bits per heavy atom. The minimum absolute atomic E-state index is 0.187. The summed E-state index contributed by atoms with van der Waals surface area (Å²) in [5, 5.41) is 8.39. The van der Waals surface area contributed by atoms with E-state index >= 15 is 0 Å². The molecule has 1 N–H and O–H groups in total. The van der Waals surface area contributed by atoms with Crippen molar-refractivity contribution in [1.29, 1.82) is 0 Å². The molecule has 1 rings (SSSR count). The molecule has 8 nitrogen and oxygen atoms in total. The number of halogens is 1. The monoisotopic (exact) mass is 341 g/mol. The van der Waals surface area contributed by atoms with Crippen molar-refractivity contribution in [2.45, 2.75) is 18.6 Å². The molecule has 120 valence electrons. The molecule has 3 unspecified atom stereocenters. The number of esters is 1. The molecule has 10 heteroatoms. The zero-order chi connectivity index (χ0) is 16.2. The van der Waals surface area contributed by atoms with Gasteiger partial charge in [0.15, 0.2) is 0 Å². The number of nitrogens with zero attached hydrogens (tertiary/aromatic N) is 1. The summed E-state index contributed by atoms with van der Waals surface area (Å²) in [5.74, 6) is -1.50. The van der Waals surface area contributed by atoms with Crippen LogP contribution in [0, 0.1) is 5.92 Å². The van der Waals surface area contributed by atoms with Gasteiger partial charge in [0.2, 0.25) is 0 Å². The van der Waals surface area contributed by atoms with Gasteiger partial charge in [-0.3, -0.25) is 9.08 Å². The molecule has 0 aliphatic carbocycles. The van der Waals surface area contributed by atoms with E-state index in [1.807, 2.05) is 0 Å². The molecule has 0 radical (unpaired) electrons. The maximum Gasteiger partial charge on any atom is 0.408 e. The average molecular weight is 342 g/mol. The van der Waals surface area contributed by atoms with Crippen LogP contribution < -0.4 is 0 Å². The molecular weight excluding hydrogens is 326 g/mol. The second-order valence-electron chi connectivity index (χ2n) is 4.39. The van der Waals surface area contributed by atoms with E-state index in [9.17, 15) is 18.0 Å². The first kappa shape index (κ1) is 17.7. The average Bonchev–Trinajstić information content (AvgIpc) is 2.77. The second-order valence-corrected chi connectivity index (χ2v) is 6.57. The summed E-state index contributed by atoms with van der Waals surface area (Å²) in [6, 6.07) is -1.15. The third-order valence-electron chi connectivity index (χ3n) is 3.13. The van der Waals surface area contributed by atoms with Gasteiger partial charge in [0.05, 0.1) is 13.7 Å². The van der Waals surface area contributed by atoms with Gasteiger partial charge in [-0.15, -0.1) is 18.2 Å². The molecule has 0 aromatic rings. The fraction of sp³-hybridized carbons (Fsp3) is 0.636. The van der Waals surface area contributed by atoms with Crippen molar-refractivity contribution in [3.05, 3.63) is 12.7 Å². The van der Waals surface area contributed by atoms with Crippen molar-refractivity contribution in [3.8, 4) is 0 Å². The number of carbonyl (C=O) groups is 2. The molecule has 0 aromatic heterocycles. The first-order valence-corrected chi connectivity index (χ1v) is 8.03. The van der Waals surface area contributed by atoms with E-state index in [2.05, 4.69) is 11.3 Å². The fourth-order valence-electron chi connectivity index (χ4n) is 2.29. The van der Waals surface area contributed by atoms with Gasteiger partial charge >= 0.3 is 12.1 Å². The number of likely N-dealkylation sites (tertiary alicyclic amines) is 1. The number of methoxy groups -OCH3 is 1. The highest BCUT2D eigenvalue weighted by molar-refractivity contribution is 7.87. The van der Waals surface area contributed by atoms with Gasteiger partial charge in [-0.2, -0.15) is 8.42 Å². The largest absolute Gasteiger partial charge is 0.467 e. The first-order valence-electron chi connectivity index (χ1n) is 5.92. The van der Waals surface area contributed by atoms with Gasteiger partial charge in [0.25, 0.3) is 10.1 Å². The Kier molecular flexibility index (Phi) is 5.99. The molecule has 21 heavy (non-hydrogen) atoms. The highest BCUT2D eigenvalue weighted by Gasteiger charge is 2.50. The highest BCUT2D eigenvalue weighted by Crippen LogP contribution is 2.32. The van der Waals surface area contributed by atoms with Crippen LogP contribution in [0.25, 0.3) is 0 Å². The summed E-state index contributed by atoms with van der Waals surface area (Å²) in [7, 11) is -2.88. The van der Waals surface area contributed by atoms with Gasteiger partial charge in [-0.25, -0.2) is 9.59 Å². The van der Waals surface area contributed by atoms with E-state index < -0.39 is 45.5 Å². The van der Waals surface area contributed by atoms with Crippen LogP contribution in [-0.4, -0.2) is 61.5 Å². The van der Waals surface area contributed by atoms with Crippen molar-refractivity contribution in [1.82, 2.24) is 4.90 Å². The molecule has 1 aliphatic heterocycles. The third-order valence-corrected chi connectivity index (χ3v) is 4.74. The topological polar surface area (TPSA) is 110 Å². The van der Waals surface area contributed by atoms with Crippen molar-refractivity contribution in [3.63, 3.8) is 0 Å². The smallest absolute Gasteiger partial charge is 0.408 e. The molecule has 1 fully saturated rings. The fourth-order valence-corrected chi connectivity index (χ4v) is 3.07.